The maximum absolute atomic E-state index is 11.8. The van der Waals surface area contributed by atoms with Gasteiger partial charge in [-0.3, -0.25) is 9.48 Å². The second kappa shape index (κ2) is 5.86. The van der Waals surface area contributed by atoms with Crippen molar-refractivity contribution in [3.8, 4) is 0 Å². The molecule has 0 aliphatic carbocycles. The van der Waals surface area contributed by atoms with E-state index in [1.807, 2.05) is 13.8 Å². The number of nitrogens with zero attached hydrogens (tertiary/aromatic N) is 2. The van der Waals surface area contributed by atoms with Crippen LogP contribution in [0.25, 0.3) is 0 Å². The van der Waals surface area contributed by atoms with Crippen molar-refractivity contribution in [2.24, 2.45) is 0 Å². The number of nitrogens with one attached hydrogen (secondary N) is 1. The Labute approximate surface area is 113 Å². The van der Waals surface area contributed by atoms with Crippen molar-refractivity contribution in [1.82, 2.24) is 15.1 Å². The van der Waals surface area contributed by atoms with E-state index in [0.29, 0.717) is 5.56 Å². The summed E-state index contributed by atoms with van der Waals surface area (Å²) < 4.78 is 6.74. The minimum Gasteiger partial charge on any atom is -0.444 e. The molecule has 0 aliphatic heterocycles. The van der Waals surface area contributed by atoms with Crippen LogP contribution in [0, 0.1) is 0 Å². The smallest absolute Gasteiger partial charge is 0.408 e. The van der Waals surface area contributed by atoms with Gasteiger partial charge in [-0.2, -0.15) is 5.10 Å². The Hall–Kier alpha value is -1.85. The van der Waals surface area contributed by atoms with Gasteiger partial charge in [-0.1, -0.05) is 0 Å². The van der Waals surface area contributed by atoms with E-state index in [4.69, 9.17) is 4.74 Å². The molecule has 0 aromatic carbocycles. The molecule has 0 aliphatic rings. The Morgan fingerprint density at radius 3 is 2.53 bits per heavy atom. The van der Waals surface area contributed by atoms with Gasteiger partial charge in [0.2, 0.25) is 0 Å². The Balaban J connectivity index is 2.49. The molecule has 1 aromatic rings. The second-order valence-corrected chi connectivity index (χ2v) is 5.58. The van der Waals surface area contributed by atoms with Crippen molar-refractivity contribution in [1.29, 1.82) is 0 Å². The predicted octanol–water partition coefficient (Wildman–Crippen LogP) is 2.17. The third-order valence-electron chi connectivity index (χ3n) is 2.24. The van der Waals surface area contributed by atoms with Gasteiger partial charge < -0.3 is 10.1 Å². The lowest BCUT2D eigenvalue weighted by Crippen LogP contribution is -2.35. The van der Waals surface area contributed by atoms with Crippen molar-refractivity contribution in [3.63, 3.8) is 0 Å². The Kier molecular flexibility index (Phi) is 4.69. The Morgan fingerprint density at radius 1 is 1.42 bits per heavy atom. The van der Waals surface area contributed by atoms with Crippen LogP contribution < -0.4 is 5.32 Å². The highest BCUT2D eigenvalue weighted by Gasteiger charge is 2.17. The van der Waals surface area contributed by atoms with Crippen molar-refractivity contribution in [3.05, 3.63) is 18.0 Å². The van der Waals surface area contributed by atoms with E-state index in [1.165, 1.54) is 6.20 Å². The molecule has 1 amide bonds. The van der Waals surface area contributed by atoms with Crippen molar-refractivity contribution in [2.45, 2.75) is 46.3 Å². The highest BCUT2D eigenvalue weighted by molar-refractivity contribution is 5.98. The minimum atomic E-state index is -0.600. The van der Waals surface area contributed by atoms with Crippen LogP contribution in [-0.4, -0.2) is 33.8 Å². The molecule has 1 heterocycles. The summed E-state index contributed by atoms with van der Waals surface area (Å²) in [5.74, 6) is -0.197. The molecule has 0 saturated heterocycles. The third-order valence-corrected chi connectivity index (χ3v) is 2.24. The summed E-state index contributed by atoms with van der Waals surface area (Å²) in [6.45, 7) is 9.14. The molecule has 1 N–H and O–H groups in total. The predicted molar refractivity (Wildman–Crippen MR) is 71.2 cm³/mol. The first kappa shape index (κ1) is 15.2. The van der Waals surface area contributed by atoms with E-state index < -0.39 is 11.7 Å². The fourth-order valence-electron chi connectivity index (χ4n) is 1.33. The maximum Gasteiger partial charge on any atom is 0.408 e. The lowest BCUT2D eigenvalue weighted by atomic mass is 10.2. The average molecular weight is 267 g/mol. The number of hydrogen-bond donors (Lipinski definition) is 1. The maximum atomic E-state index is 11.8. The average Bonchev–Trinajstić information content (AvgIpc) is 2.72. The standard InChI is InChI=1S/C13H21N3O3/c1-9(2)16-8-10(6-15-16)11(17)7-14-12(18)19-13(3,4)5/h6,8-9H,7H2,1-5H3,(H,14,18). The molecule has 19 heavy (non-hydrogen) atoms. The molecule has 0 bridgehead atoms. The lowest BCUT2D eigenvalue weighted by Gasteiger charge is -2.19. The van der Waals surface area contributed by atoms with E-state index in [9.17, 15) is 9.59 Å². The first-order valence-corrected chi connectivity index (χ1v) is 6.23. The van der Waals surface area contributed by atoms with Gasteiger partial charge in [0.1, 0.15) is 5.60 Å². The van der Waals surface area contributed by atoms with Gasteiger partial charge in [0.25, 0.3) is 0 Å². The zero-order valence-corrected chi connectivity index (χ0v) is 12.1. The molecule has 6 heteroatoms. The van der Waals surface area contributed by atoms with Gasteiger partial charge in [-0.15, -0.1) is 0 Å². The zero-order valence-electron chi connectivity index (χ0n) is 12.1. The number of ether oxygens (including phenoxy) is 1. The lowest BCUT2D eigenvalue weighted by molar-refractivity contribution is 0.0520. The number of alkyl carbamates (subject to hydrolysis) is 1. The van der Waals surface area contributed by atoms with E-state index >= 15 is 0 Å². The summed E-state index contributed by atoms with van der Waals surface area (Å²) in [4.78, 5) is 23.2. The number of carbonyl (C=O) groups excluding carboxylic acids is 2. The van der Waals surface area contributed by atoms with Gasteiger partial charge in [-0.05, 0) is 34.6 Å². The highest BCUT2D eigenvalue weighted by atomic mass is 16.6. The van der Waals surface area contributed by atoms with E-state index in [1.54, 1.807) is 31.6 Å². The molecule has 0 atom stereocenters. The van der Waals surface area contributed by atoms with Crippen LogP contribution in [0.1, 0.15) is 51.0 Å². The molecular weight excluding hydrogens is 246 g/mol. The van der Waals surface area contributed by atoms with Crippen LogP contribution in [0.2, 0.25) is 0 Å². The topological polar surface area (TPSA) is 73.2 Å². The van der Waals surface area contributed by atoms with E-state index in [0.717, 1.165) is 0 Å². The van der Waals surface area contributed by atoms with Gasteiger partial charge in [-0.25, -0.2) is 4.79 Å². The summed E-state index contributed by atoms with van der Waals surface area (Å²) in [7, 11) is 0. The molecule has 1 aromatic heterocycles. The van der Waals surface area contributed by atoms with Crippen LogP contribution in [0.4, 0.5) is 4.79 Å². The summed E-state index contributed by atoms with van der Waals surface area (Å²) >= 11 is 0. The molecule has 106 valence electrons. The highest BCUT2D eigenvalue weighted by Crippen LogP contribution is 2.07. The molecule has 0 saturated carbocycles. The first-order valence-electron chi connectivity index (χ1n) is 6.23. The molecule has 0 fully saturated rings. The monoisotopic (exact) mass is 267 g/mol. The fourth-order valence-corrected chi connectivity index (χ4v) is 1.33. The van der Waals surface area contributed by atoms with Crippen LogP contribution >= 0.6 is 0 Å². The van der Waals surface area contributed by atoms with Gasteiger partial charge in [0, 0.05) is 12.2 Å². The second-order valence-electron chi connectivity index (χ2n) is 5.58. The van der Waals surface area contributed by atoms with Gasteiger partial charge >= 0.3 is 6.09 Å². The van der Waals surface area contributed by atoms with Crippen molar-refractivity contribution >= 4 is 11.9 Å². The summed E-state index contributed by atoms with van der Waals surface area (Å²) in [5.41, 5.74) is -0.0971. The number of amides is 1. The third kappa shape index (κ3) is 5.11. The molecular formula is C13H21N3O3. The van der Waals surface area contributed by atoms with Crippen LogP contribution in [0.5, 0.6) is 0 Å². The number of carbonyl (C=O) groups is 2. The molecule has 6 nitrogen and oxygen atoms in total. The number of hydrogen-bond acceptors (Lipinski definition) is 4. The summed E-state index contributed by atoms with van der Waals surface area (Å²) in [5, 5.41) is 6.50. The Morgan fingerprint density at radius 2 is 2.05 bits per heavy atom. The summed E-state index contributed by atoms with van der Waals surface area (Å²) in [6, 6.07) is 0.195. The van der Waals surface area contributed by atoms with E-state index in [2.05, 4.69) is 10.4 Å². The van der Waals surface area contributed by atoms with Crippen molar-refractivity contribution < 1.29 is 14.3 Å². The van der Waals surface area contributed by atoms with Crippen LogP contribution in [-0.2, 0) is 4.74 Å². The largest absolute Gasteiger partial charge is 0.444 e. The van der Waals surface area contributed by atoms with Crippen molar-refractivity contribution in [2.75, 3.05) is 6.54 Å². The number of aromatic nitrogens is 2. The van der Waals surface area contributed by atoms with Gasteiger partial charge in [0.15, 0.2) is 5.78 Å². The molecule has 0 spiro atoms. The van der Waals surface area contributed by atoms with Crippen LogP contribution in [0.3, 0.4) is 0 Å². The fraction of sp³-hybridized carbons (Fsp3) is 0.615. The van der Waals surface area contributed by atoms with Gasteiger partial charge in [0.05, 0.1) is 18.3 Å². The number of Topliss-reactive ketones (excluding diaryl/α,β-unsaturated/α-hetero) is 1. The SMILES string of the molecule is CC(C)n1cc(C(=O)CNC(=O)OC(C)(C)C)cn1. The molecule has 0 radical (unpaired) electrons. The first-order chi connectivity index (χ1) is 8.69. The quantitative estimate of drug-likeness (QED) is 0.848. The Bertz CT molecular complexity index is 458. The zero-order chi connectivity index (χ0) is 14.6. The van der Waals surface area contributed by atoms with E-state index in [-0.39, 0.29) is 18.4 Å². The molecule has 0 unspecified atom stereocenters. The number of rotatable bonds is 4. The van der Waals surface area contributed by atoms with Crippen LogP contribution in [0.15, 0.2) is 12.4 Å². The minimum absolute atomic E-state index is 0.0985. The normalized spacial score (nSPS) is 11.5. The number of ketones is 1. The summed E-state index contributed by atoms with van der Waals surface area (Å²) in [6.07, 6.45) is 2.57. The molecule has 1 rings (SSSR count).